The molecule has 11 heteroatoms. The van der Waals surface area contributed by atoms with Gasteiger partial charge in [-0.1, -0.05) is 25.9 Å². The van der Waals surface area contributed by atoms with Crippen LogP contribution in [0, 0.1) is 10.8 Å². The third-order valence-corrected chi connectivity index (χ3v) is 10.4. The monoisotopic (exact) mass is 595 g/mol. The van der Waals surface area contributed by atoms with Gasteiger partial charge in [0.1, 0.15) is 17.2 Å². The Bertz CT molecular complexity index is 1510. The smallest absolute Gasteiger partial charge is 0.387 e. The summed E-state index contributed by atoms with van der Waals surface area (Å²) in [5.41, 5.74) is -1.03. The van der Waals surface area contributed by atoms with Crippen LogP contribution in [0.25, 0.3) is 11.3 Å². The fraction of sp³-hybridized carbons (Fsp3) is 0.594. The minimum Gasteiger partial charge on any atom is -0.433 e. The quantitative estimate of drug-likeness (QED) is 0.278. The first-order valence-electron chi connectivity index (χ1n) is 15.0. The fourth-order valence-electron chi connectivity index (χ4n) is 7.80. The molecule has 6 fully saturated rings. The molecule has 6 aliphatic rings. The highest BCUT2D eigenvalue weighted by atomic mass is 19.3. The van der Waals surface area contributed by atoms with Crippen LogP contribution in [0.2, 0.25) is 0 Å². The van der Waals surface area contributed by atoms with Crippen molar-refractivity contribution in [1.82, 2.24) is 20.1 Å². The van der Waals surface area contributed by atoms with Crippen molar-refractivity contribution in [2.75, 3.05) is 11.4 Å². The average molecular weight is 596 g/mol. The van der Waals surface area contributed by atoms with Crippen LogP contribution in [0.4, 0.5) is 19.0 Å². The number of ether oxygens (including phenoxy) is 1. The van der Waals surface area contributed by atoms with Gasteiger partial charge >= 0.3 is 6.61 Å². The molecule has 3 aromatic heterocycles. The lowest BCUT2D eigenvalue weighted by atomic mass is 9.41. The number of carbonyl (C=O) groups is 1. The van der Waals surface area contributed by atoms with Gasteiger partial charge in [0.25, 0.3) is 0 Å². The van der Waals surface area contributed by atoms with Crippen LogP contribution < -0.4 is 9.64 Å². The highest BCUT2D eigenvalue weighted by Crippen LogP contribution is 2.70. The molecule has 0 N–H and O–H groups in total. The van der Waals surface area contributed by atoms with E-state index in [0.717, 1.165) is 44.3 Å². The molecule has 43 heavy (non-hydrogen) atoms. The summed E-state index contributed by atoms with van der Waals surface area (Å²) >= 11 is 0. The number of pyridine rings is 2. The molecule has 4 bridgehead atoms. The number of amides is 1. The third kappa shape index (κ3) is 4.79. The van der Waals surface area contributed by atoms with Crippen LogP contribution in [0.1, 0.15) is 90.3 Å². The average Bonchev–Trinajstić information content (AvgIpc) is 3.47. The summed E-state index contributed by atoms with van der Waals surface area (Å²) in [6.45, 7) is 3.76. The number of anilines is 1. The van der Waals surface area contributed by atoms with Crippen LogP contribution in [0.3, 0.4) is 0 Å². The molecule has 0 atom stereocenters. The zero-order valence-electron chi connectivity index (χ0n) is 24.7. The predicted octanol–water partition coefficient (Wildman–Crippen LogP) is 6.94. The molecule has 3 heterocycles. The first-order chi connectivity index (χ1) is 20.3. The second-order valence-electron chi connectivity index (χ2n) is 14.5. The highest BCUT2D eigenvalue weighted by molar-refractivity contribution is 6.00. The molecular formula is C32H36F3N5O3. The number of alkyl halides is 3. The van der Waals surface area contributed by atoms with E-state index in [0.29, 0.717) is 29.5 Å². The summed E-state index contributed by atoms with van der Waals surface area (Å²) in [5, 5.41) is 4.41. The molecule has 0 saturated heterocycles. The van der Waals surface area contributed by atoms with Crippen molar-refractivity contribution in [3.63, 3.8) is 0 Å². The van der Waals surface area contributed by atoms with E-state index in [-0.39, 0.29) is 47.2 Å². The Morgan fingerprint density at radius 3 is 2.30 bits per heavy atom. The van der Waals surface area contributed by atoms with E-state index in [1.165, 1.54) is 12.3 Å². The van der Waals surface area contributed by atoms with E-state index in [4.69, 9.17) is 9.51 Å². The topological polar surface area (TPSA) is 94.2 Å². The molecule has 1 amide bonds. The third-order valence-electron chi connectivity index (χ3n) is 10.4. The highest BCUT2D eigenvalue weighted by Gasteiger charge is 2.73. The number of rotatable bonds is 8. The van der Waals surface area contributed by atoms with Crippen molar-refractivity contribution < 1.29 is 27.2 Å². The Morgan fingerprint density at radius 2 is 1.74 bits per heavy atom. The van der Waals surface area contributed by atoms with E-state index in [9.17, 15) is 18.0 Å². The Hall–Kier alpha value is -3.50. The van der Waals surface area contributed by atoms with Gasteiger partial charge in [0.05, 0.1) is 17.3 Å². The molecule has 0 spiro atoms. The van der Waals surface area contributed by atoms with Crippen molar-refractivity contribution in [3.05, 3.63) is 48.4 Å². The number of halogens is 3. The largest absolute Gasteiger partial charge is 0.433 e. The zero-order valence-corrected chi connectivity index (χ0v) is 24.7. The molecule has 0 aromatic carbocycles. The van der Waals surface area contributed by atoms with E-state index < -0.39 is 17.7 Å². The summed E-state index contributed by atoms with van der Waals surface area (Å²) in [6, 6.07) is 6.61. The van der Waals surface area contributed by atoms with Crippen LogP contribution in [0.15, 0.2) is 41.2 Å². The van der Waals surface area contributed by atoms with Gasteiger partial charge in [0, 0.05) is 29.1 Å². The minimum atomic E-state index is -2.93. The molecule has 8 nitrogen and oxygen atoms in total. The summed E-state index contributed by atoms with van der Waals surface area (Å²) in [6.07, 6.45) is 9.20. The lowest BCUT2D eigenvalue weighted by molar-refractivity contribution is -0.211. The van der Waals surface area contributed by atoms with E-state index in [2.05, 4.69) is 40.6 Å². The van der Waals surface area contributed by atoms with Crippen LogP contribution in [0.5, 0.6) is 5.75 Å². The van der Waals surface area contributed by atoms with Crippen molar-refractivity contribution in [1.29, 1.82) is 0 Å². The van der Waals surface area contributed by atoms with Crippen molar-refractivity contribution >= 4 is 11.7 Å². The molecular weight excluding hydrogens is 559 g/mol. The molecule has 3 aromatic rings. The molecule has 228 valence electrons. The number of hydrogen-bond donors (Lipinski definition) is 0. The Balaban J connectivity index is 1.14. The van der Waals surface area contributed by atoms with Gasteiger partial charge in [-0.3, -0.25) is 14.7 Å². The minimum absolute atomic E-state index is 0.0335. The SMILES string of the molecule is CC(C)(C)c1nc(C23CCC(CN(C(=O)C45CC(F)(C4)C5)c4cc(-c5ccc(OC(F)F)cn5)ccn4)(CC2)CC3)no1. The molecule has 0 unspecified atom stereocenters. The van der Waals surface area contributed by atoms with E-state index >= 15 is 0 Å². The van der Waals surface area contributed by atoms with Crippen LogP contribution >= 0.6 is 0 Å². The number of aromatic nitrogens is 4. The maximum atomic E-state index is 14.6. The number of nitrogens with zero attached hydrogens (tertiary/aromatic N) is 5. The summed E-state index contributed by atoms with van der Waals surface area (Å²) in [5.74, 6) is 1.85. The molecule has 0 aliphatic heterocycles. The second kappa shape index (κ2) is 9.50. The van der Waals surface area contributed by atoms with Crippen molar-refractivity contribution in [2.45, 2.75) is 102 Å². The number of carbonyl (C=O) groups excluding carboxylic acids is 1. The number of hydrogen-bond acceptors (Lipinski definition) is 7. The van der Waals surface area contributed by atoms with Gasteiger partial charge in [-0.05, 0) is 87.5 Å². The van der Waals surface area contributed by atoms with E-state index in [1.807, 2.05) is 6.07 Å². The normalized spacial score (nSPS) is 31.0. The molecule has 0 radical (unpaired) electrons. The van der Waals surface area contributed by atoms with Crippen molar-refractivity contribution in [3.8, 4) is 17.0 Å². The summed E-state index contributed by atoms with van der Waals surface area (Å²) < 4.78 is 49.8. The summed E-state index contributed by atoms with van der Waals surface area (Å²) in [7, 11) is 0. The summed E-state index contributed by atoms with van der Waals surface area (Å²) in [4.78, 5) is 29.6. The maximum absolute atomic E-state index is 14.6. The second-order valence-corrected chi connectivity index (χ2v) is 14.5. The van der Waals surface area contributed by atoms with Crippen LogP contribution in [-0.2, 0) is 15.6 Å². The Morgan fingerprint density at radius 1 is 1.05 bits per heavy atom. The van der Waals surface area contributed by atoms with Gasteiger partial charge in [0.2, 0.25) is 11.8 Å². The standard InChI is InChI=1S/C32H36F3N5O3/c1-28(2,3)25-38-24(39-43-25)30-10-7-29(8-11-30,9-12-30)19-40(26(41)31-16-32(35,17-31)18-31)23-14-20(6-13-36-23)22-5-4-21(15-37-22)42-27(33)34/h4-6,13-15,27H,7-12,16-19H2,1-3H3. The maximum Gasteiger partial charge on any atom is 0.387 e. The predicted molar refractivity (Wildman–Crippen MR) is 151 cm³/mol. The number of fused-ring (bicyclic) bond motifs is 3. The van der Waals surface area contributed by atoms with Gasteiger partial charge in [0.15, 0.2) is 5.82 Å². The first kappa shape index (κ1) is 28.3. The molecule has 6 aliphatic carbocycles. The Kier molecular flexibility index (Phi) is 6.25. The fourth-order valence-corrected chi connectivity index (χ4v) is 7.80. The van der Waals surface area contributed by atoms with E-state index in [1.54, 1.807) is 23.2 Å². The Labute approximate surface area is 248 Å². The molecule has 6 saturated carbocycles. The van der Waals surface area contributed by atoms with Gasteiger partial charge in [-0.15, -0.1) is 0 Å². The lowest BCUT2D eigenvalue weighted by Gasteiger charge is -2.65. The van der Waals surface area contributed by atoms with Gasteiger partial charge < -0.3 is 9.26 Å². The molecule has 9 rings (SSSR count). The van der Waals surface area contributed by atoms with Crippen molar-refractivity contribution in [2.24, 2.45) is 10.8 Å². The lowest BCUT2D eigenvalue weighted by Crippen LogP contribution is -2.71. The first-order valence-corrected chi connectivity index (χ1v) is 15.0. The van der Waals surface area contributed by atoms with Gasteiger partial charge in [-0.2, -0.15) is 13.8 Å². The van der Waals surface area contributed by atoms with Gasteiger partial charge in [-0.25, -0.2) is 9.37 Å². The zero-order chi connectivity index (χ0) is 30.3. The van der Waals surface area contributed by atoms with Crippen LogP contribution in [-0.4, -0.2) is 44.8 Å².